The maximum atomic E-state index is 7.57. The van der Waals surface area contributed by atoms with Crippen molar-refractivity contribution in [3.63, 3.8) is 0 Å². The standard InChI is InChI=1S/2C5H5.C2H6O.ClH.Zr/c2*1-2-4-5-3-1;1-2-3;;/h2*1-3H,4H2;3H,2H2,1H3;1H;/q2*-1;;;+3/p-1. The minimum Gasteiger partial charge on any atom is -1.00 e. The number of aliphatic hydroxyl groups is 1. The molecule has 0 saturated carbocycles. The SMILES string of the molecule is CCO.[C-]1=CC=CC1.[C-]1=CC=CC1.[Cl-].[Zr+3]. The van der Waals surface area contributed by atoms with Gasteiger partial charge in [0, 0.05) is 6.61 Å². The van der Waals surface area contributed by atoms with Gasteiger partial charge in [-0.2, -0.15) is 12.2 Å². The molecule has 3 heteroatoms. The molecule has 0 aromatic carbocycles. The van der Waals surface area contributed by atoms with Gasteiger partial charge < -0.3 is 17.5 Å². The predicted octanol–water partition coefficient (Wildman–Crippen LogP) is -0.389. The molecule has 0 aromatic heterocycles. The molecule has 0 saturated heterocycles. The minimum absolute atomic E-state index is 0. The molecule has 0 fully saturated rings. The molecular weight excluding hydrogens is 287 g/mol. The van der Waals surface area contributed by atoms with Gasteiger partial charge in [0.2, 0.25) is 0 Å². The van der Waals surface area contributed by atoms with Gasteiger partial charge in [-0.1, -0.05) is 0 Å². The van der Waals surface area contributed by atoms with Crippen molar-refractivity contribution < 1.29 is 43.7 Å². The molecule has 1 radical (unpaired) electrons. The molecule has 0 bridgehead atoms. The number of aliphatic hydroxyl groups excluding tert-OH is 1. The second kappa shape index (κ2) is 19.6. The second-order valence-electron chi connectivity index (χ2n) is 2.32. The molecule has 0 amide bonds. The van der Waals surface area contributed by atoms with Crippen LogP contribution in [0.5, 0.6) is 0 Å². The zero-order valence-electron chi connectivity index (χ0n) is 8.91. The summed E-state index contributed by atoms with van der Waals surface area (Å²) in [5, 5.41) is 7.57. The molecule has 1 nitrogen and oxygen atoms in total. The third kappa shape index (κ3) is 20.2. The van der Waals surface area contributed by atoms with E-state index >= 15 is 0 Å². The largest absolute Gasteiger partial charge is 3.00 e. The Labute approximate surface area is 118 Å². The van der Waals surface area contributed by atoms with Crippen molar-refractivity contribution in [2.45, 2.75) is 19.8 Å². The number of rotatable bonds is 0. The van der Waals surface area contributed by atoms with E-state index in [0.717, 1.165) is 12.8 Å². The van der Waals surface area contributed by atoms with Crippen LogP contribution in [0.4, 0.5) is 0 Å². The van der Waals surface area contributed by atoms with Crippen LogP contribution < -0.4 is 12.4 Å². The summed E-state index contributed by atoms with van der Waals surface area (Å²) in [7, 11) is 0. The van der Waals surface area contributed by atoms with E-state index in [4.69, 9.17) is 5.11 Å². The van der Waals surface area contributed by atoms with E-state index in [-0.39, 0.29) is 45.2 Å². The summed E-state index contributed by atoms with van der Waals surface area (Å²) in [6.45, 7) is 1.93. The molecule has 2 rings (SSSR count). The Morgan fingerprint density at radius 1 is 1.07 bits per heavy atom. The van der Waals surface area contributed by atoms with E-state index in [1.807, 2.05) is 24.3 Å². The first-order valence-electron chi connectivity index (χ1n) is 4.46. The van der Waals surface area contributed by atoms with Crippen LogP contribution in [0.15, 0.2) is 36.5 Å². The third-order valence-electron chi connectivity index (χ3n) is 1.17. The van der Waals surface area contributed by atoms with Crippen molar-refractivity contribution in [2.24, 2.45) is 0 Å². The van der Waals surface area contributed by atoms with E-state index in [9.17, 15) is 0 Å². The van der Waals surface area contributed by atoms with Crippen molar-refractivity contribution in [3.05, 3.63) is 48.6 Å². The van der Waals surface area contributed by atoms with E-state index < -0.39 is 0 Å². The number of hydrogen-bond donors (Lipinski definition) is 1. The molecule has 0 spiro atoms. The summed E-state index contributed by atoms with van der Waals surface area (Å²) in [5.41, 5.74) is 0. The molecule has 15 heavy (non-hydrogen) atoms. The molecular formula is C12H16ClOZr. The van der Waals surface area contributed by atoms with Crippen molar-refractivity contribution in [2.75, 3.05) is 6.61 Å². The van der Waals surface area contributed by atoms with Crippen LogP contribution in [-0.4, -0.2) is 11.7 Å². The number of halogens is 1. The van der Waals surface area contributed by atoms with E-state index in [0.29, 0.717) is 0 Å². The zero-order chi connectivity index (χ0) is 9.78. The molecule has 0 aliphatic heterocycles. The van der Waals surface area contributed by atoms with Gasteiger partial charge in [0.25, 0.3) is 0 Å². The van der Waals surface area contributed by atoms with Crippen LogP contribution in [0.2, 0.25) is 0 Å². The fraction of sp³-hybridized carbons (Fsp3) is 0.333. The Balaban J connectivity index is -0.000000140. The van der Waals surface area contributed by atoms with Crippen molar-refractivity contribution in [3.8, 4) is 0 Å². The van der Waals surface area contributed by atoms with E-state index in [1.165, 1.54) is 0 Å². The van der Waals surface area contributed by atoms with Crippen molar-refractivity contribution >= 4 is 0 Å². The maximum Gasteiger partial charge on any atom is 3.00 e. The topological polar surface area (TPSA) is 20.2 Å². The second-order valence-corrected chi connectivity index (χ2v) is 2.32. The summed E-state index contributed by atoms with van der Waals surface area (Å²) in [6, 6.07) is 0. The van der Waals surface area contributed by atoms with Gasteiger partial charge in [-0.15, -0.1) is 12.8 Å². The molecule has 2 aliphatic rings. The average molecular weight is 303 g/mol. The fourth-order valence-corrected chi connectivity index (χ4v) is 0.680. The summed E-state index contributed by atoms with van der Waals surface area (Å²) in [4.78, 5) is 0. The Kier molecular flexibility index (Phi) is 26.8. The molecule has 0 aromatic rings. The van der Waals surface area contributed by atoms with Crippen LogP contribution in [-0.2, 0) is 26.2 Å². The first kappa shape index (κ1) is 20.5. The van der Waals surface area contributed by atoms with E-state index in [2.05, 4.69) is 24.3 Å². The van der Waals surface area contributed by atoms with Crippen LogP contribution in [0.3, 0.4) is 0 Å². The quantitative estimate of drug-likeness (QED) is 0.605. The number of hydrogen-bond acceptors (Lipinski definition) is 1. The van der Waals surface area contributed by atoms with Gasteiger partial charge in [-0.3, -0.25) is 12.2 Å². The molecule has 2 aliphatic carbocycles. The van der Waals surface area contributed by atoms with Crippen molar-refractivity contribution in [1.29, 1.82) is 0 Å². The summed E-state index contributed by atoms with van der Waals surface area (Å²) in [5.74, 6) is 0. The molecule has 0 atom stereocenters. The normalized spacial score (nSPS) is 12.9. The smallest absolute Gasteiger partial charge is 1.00 e. The maximum absolute atomic E-state index is 7.57. The summed E-state index contributed by atoms with van der Waals surface area (Å²) < 4.78 is 0. The molecule has 1 N–H and O–H groups in total. The number of allylic oxidation sites excluding steroid dienone is 8. The monoisotopic (exact) mass is 301 g/mol. The summed E-state index contributed by atoms with van der Waals surface area (Å²) in [6.07, 6.45) is 20.0. The van der Waals surface area contributed by atoms with Crippen LogP contribution in [0.25, 0.3) is 0 Å². The Morgan fingerprint density at radius 3 is 1.47 bits per heavy atom. The third-order valence-corrected chi connectivity index (χ3v) is 1.17. The van der Waals surface area contributed by atoms with Gasteiger partial charge in [-0.25, -0.2) is 24.3 Å². The van der Waals surface area contributed by atoms with Crippen LogP contribution >= 0.6 is 0 Å². The first-order chi connectivity index (χ1) is 6.41. The van der Waals surface area contributed by atoms with E-state index in [1.54, 1.807) is 6.92 Å². The molecule has 81 valence electrons. The van der Waals surface area contributed by atoms with Crippen LogP contribution in [0, 0.1) is 12.2 Å². The minimum atomic E-state index is 0. The van der Waals surface area contributed by atoms with Gasteiger partial charge in [0.1, 0.15) is 0 Å². The first-order valence-corrected chi connectivity index (χ1v) is 4.46. The van der Waals surface area contributed by atoms with Gasteiger partial charge in [-0.05, 0) is 6.92 Å². The van der Waals surface area contributed by atoms with Crippen LogP contribution in [0.1, 0.15) is 19.8 Å². The molecule has 0 unspecified atom stereocenters. The van der Waals surface area contributed by atoms with Gasteiger partial charge >= 0.3 is 26.2 Å². The van der Waals surface area contributed by atoms with Gasteiger partial charge in [0.05, 0.1) is 0 Å². The fourth-order valence-electron chi connectivity index (χ4n) is 0.680. The Bertz CT molecular complexity index is 166. The van der Waals surface area contributed by atoms with Crippen molar-refractivity contribution in [1.82, 2.24) is 0 Å². The predicted molar refractivity (Wildman–Crippen MR) is 55.9 cm³/mol. The average Bonchev–Trinajstić information content (AvgIpc) is 2.85. The zero-order valence-corrected chi connectivity index (χ0v) is 12.1. The Hall–Kier alpha value is 0.0931. The summed E-state index contributed by atoms with van der Waals surface area (Å²) >= 11 is 0. The Morgan fingerprint density at radius 2 is 1.40 bits per heavy atom. The molecule has 0 heterocycles. The van der Waals surface area contributed by atoms with Gasteiger partial charge in [0.15, 0.2) is 0 Å².